The Balaban J connectivity index is 1.82. The molecule has 158 valence electrons. The molecule has 0 bridgehead atoms. The number of nitrogens with zero attached hydrogens (tertiary/aromatic N) is 4. The Morgan fingerprint density at radius 2 is 1.90 bits per heavy atom. The summed E-state index contributed by atoms with van der Waals surface area (Å²) in [6, 6.07) is 11.4. The van der Waals surface area contributed by atoms with Crippen molar-refractivity contribution in [3.8, 4) is 11.8 Å². The van der Waals surface area contributed by atoms with E-state index in [2.05, 4.69) is 16.0 Å². The SMILES string of the molecule is Cc1c(C(=O)CN2CCCC2)c2ncc(CCC(N)=O)cc2n1-c1ccc(C#N)cc1. The first-order valence-electron chi connectivity index (χ1n) is 10.5. The van der Waals surface area contributed by atoms with Gasteiger partial charge in [0.1, 0.15) is 0 Å². The quantitative estimate of drug-likeness (QED) is 0.598. The molecule has 0 radical (unpaired) electrons. The number of hydrogen-bond donors (Lipinski definition) is 1. The summed E-state index contributed by atoms with van der Waals surface area (Å²) in [5.74, 6) is -0.297. The van der Waals surface area contributed by atoms with E-state index < -0.39 is 0 Å². The number of nitrogens with two attached hydrogens (primary N) is 1. The molecule has 2 N–H and O–H groups in total. The van der Waals surface area contributed by atoms with Gasteiger partial charge in [-0.25, -0.2) is 0 Å². The molecule has 0 atom stereocenters. The molecule has 0 spiro atoms. The van der Waals surface area contributed by atoms with E-state index in [1.54, 1.807) is 18.3 Å². The summed E-state index contributed by atoms with van der Waals surface area (Å²) in [6.45, 7) is 4.21. The summed E-state index contributed by atoms with van der Waals surface area (Å²) in [5, 5.41) is 9.12. The van der Waals surface area contributed by atoms with E-state index in [9.17, 15) is 9.59 Å². The second-order valence-electron chi connectivity index (χ2n) is 8.04. The molecule has 4 rings (SSSR count). The lowest BCUT2D eigenvalue weighted by Gasteiger charge is -2.13. The molecule has 1 amide bonds. The van der Waals surface area contributed by atoms with Crippen LogP contribution in [-0.4, -0.2) is 45.8 Å². The summed E-state index contributed by atoms with van der Waals surface area (Å²) in [4.78, 5) is 31.3. The molecule has 0 saturated carbocycles. The fourth-order valence-corrected chi connectivity index (χ4v) is 4.30. The molecule has 0 unspecified atom stereocenters. The maximum Gasteiger partial charge on any atom is 0.217 e. The van der Waals surface area contributed by atoms with Crippen molar-refractivity contribution in [3.05, 3.63) is 58.9 Å². The monoisotopic (exact) mass is 415 g/mol. The Bertz CT molecular complexity index is 1180. The minimum atomic E-state index is -0.361. The van der Waals surface area contributed by atoms with E-state index in [4.69, 9.17) is 11.0 Å². The van der Waals surface area contributed by atoms with Gasteiger partial charge in [0.05, 0.1) is 34.8 Å². The van der Waals surface area contributed by atoms with Crippen LogP contribution in [0.4, 0.5) is 0 Å². The molecular formula is C24H25N5O2. The van der Waals surface area contributed by atoms with Crippen molar-refractivity contribution >= 4 is 22.7 Å². The van der Waals surface area contributed by atoms with Gasteiger partial charge in [0, 0.05) is 24.0 Å². The number of carbonyl (C=O) groups excluding carboxylic acids is 2. The van der Waals surface area contributed by atoms with Crippen molar-refractivity contribution in [1.82, 2.24) is 14.5 Å². The van der Waals surface area contributed by atoms with Crippen molar-refractivity contribution in [2.24, 2.45) is 5.73 Å². The number of primary amides is 1. The van der Waals surface area contributed by atoms with Crippen molar-refractivity contribution in [2.75, 3.05) is 19.6 Å². The van der Waals surface area contributed by atoms with Crippen molar-refractivity contribution in [2.45, 2.75) is 32.6 Å². The summed E-state index contributed by atoms with van der Waals surface area (Å²) >= 11 is 0. The Morgan fingerprint density at radius 1 is 1.19 bits per heavy atom. The number of Topliss-reactive ketones (excluding diaryl/α,β-unsaturated/α-hetero) is 1. The van der Waals surface area contributed by atoms with E-state index in [1.165, 1.54) is 0 Å². The van der Waals surface area contributed by atoms with Crippen LogP contribution in [0.2, 0.25) is 0 Å². The zero-order valence-corrected chi connectivity index (χ0v) is 17.6. The molecule has 0 aliphatic carbocycles. The highest BCUT2D eigenvalue weighted by Gasteiger charge is 2.25. The minimum absolute atomic E-state index is 0.0641. The van der Waals surface area contributed by atoms with Gasteiger partial charge in [0.15, 0.2) is 5.78 Å². The number of ketones is 1. The molecule has 31 heavy (non-hydrogen) atoms. The zero-order chi connectivity index (χ0) is 22.0. The average molecular weight is 415 g/mol. The van der Waals surface area contributed by atoms with Gasteiger partial charge in [0.2, 0.25) is 5.91 Å². The van der Waals surface area contributed by atoms with Crippen LogP contribution >= 0.6 is 0 Å². The normalized spacial score (nSPS) is 14.1. The number of benzene rings is 1. The van der Waals surface area contributed by atoms with Crippen molar-refractivity contribution in [1.29, 1.82) is 5.26 Å². The van der Waals surface area contributed by atoms with Crippen LogP contribution in [0.15, 0.2) is 36.5 Å². The molecule has 1 aliphatic heterocycles. The van der Waals surface area contributed by atoms with Gasteiger partial charge in [-0.1, -0.05) is 0 Å². The second-order valence-corrected chi connectivity index (χ2v) is 8.04. The number of fused-ring (bicyclic) bond motifs is 1. The highest BCUT2D eigenvalue weighted by atomic mass is 16.1. The summed E-state index contributed by atoms with van der Waals surface area (Å²) in [5.41, 5.74) is 10.6. The third kappa shape index (κ3) is 4.21. The third-order valence-corrected chi connectivity index (χ3v) is 5.86. The first-order valence-corrected chi connectivity index (χ1v) is 10.5. The van der Waals surface area contributed by atoms with Crippen LogP contribution in [0.25, 0.3) is 16.7 Å². The van der Waals surface area contributed by atoms with Gasteiger partial charge in [0.25, 0.3) is 0 Å². The number of aryl methyl sites for hydroxylation is 1. The van der Waals surface area contributed by atoms with Gasteiger partial charge < -0.3 is 10.3 Å². The number of pyridine rings is 1. The fraction of sp³-hybridized carbons (Fsp3) is 0.333. The van der Waals surface area contributed by atoms with Crippen LogP contribution in [0.1, 0.15) is 46.4 Å². The van der Waals surface area contributed by atoms with E-state index >= 15 is 0 Å². The maximum atomic E-state index is 13.3. The number of amides is 1. The van der Waals surface area contributed by atoms with Crippen LogP contribution < -0.4 is 5.73 Å². The number of likely N-dealkylation sites (tertiary alicyclic amines) is 1. The first kappa shape index (κ1) is 20.8. The summed E-state index contributed by atoms with van der Waals surface area (Å²) in [7, 11) is 0. The van der Waals surface area contributed by atoms with Gasteiger partial charge in [-0.15, -0.1) is 0 Å². The molecule has 1 saturated heterocycles. The first-order chi connectivity index (χ1) is 15.0. The second kappa shape index (κ2) is 8.70. The van der Waals surface area contributed by atoms with Crippen LogP contribution in [0.5, 0.6) is 0 Å². The molecule has 2 aromatic heterocycles. The number of carbonyl (C=O) groups is 2. The molecule has 1 fully saturated rings. The number of hydrogen-bond acceptors (Lipinski definition) is 5. The van der Waals surface area contributed by atoms with Crippen molar-refractivity contribution in [3.63, 3.8) is 0 Å². The van der Waals surface area contributed by atoms with Crippen LogP contribution in [0.3, 0.4) is 0 Å². The molecule has 3 heterocycles. The smallest absolute Gasteiger partial charge is 0.217 e. The Hall–Kier alpha value is -3.50. The predicted molar refractivity (Wildman–Crippen MR) is 118 cm³/mol. The lowest BCUT2D eigenvalue weighted by molar-refractivity contribution is -0.117. The Kier molecular flexibility index (Phi) is 5.83. The molecule has 7 nitrogen and oxygen atoms in total. The summed E-state index contributed by atoms with van der Waals surface area (Å²) < 4.78 is 2.01. The van der Waals surface area contributed by atoms with Gasteiger partial charge in [-0.05, 0) is 75.2 Å². The lowest BCUT2D eigenvalue weighted by Crippen LogP contribution is -2.27. The summed E-state index contributed by atoms with van der Waals surface area (Å²) in [6.07, 6.45) is 4.71. The van der Waals surface area contributed by atoms with Gasteiger partial charge >= 0.3 is 0 Å². The highest BCUT2D eigenvalue weighted by molar-refractivity contribution is 6.09. The zero-order valence-electron chi connectivity index (χ0n) is 17.6. The number of aromatic nitrogens is 2. The van der Waals surface area contributed by atoms with E-state index in [0.717, 1.165) is 48.4 Å². The van der Waals surface area contributed by atoms with E-state index in [-0.39, 0.29) is 18.1 Å². The number of nitriles is 1. The van der Waals surface area contributed by atoms with Crippen molar-refractivity contribution < 1.29 is 9.59 Å². The standard InChI is InChI=1S/C24H25N5O2/c1-16-23(21(30)15-28-10-2-3-11-28)24-20(12-18(14-27-24)6-9-22(26)31)29(16)19-7-4-17(13-25)5-8-19/h4-5,7-8,12,14H,2-3,6,9-11,15H2,1H3,(H2,26,31). The molecule has 7 heteroatoms. The van der Waals surface area contributed by atoms with Crippen LogP contribution in [-0.2, 0) is 11.2 Å². The van der Waals surface area contributed by atoms with Gasteiger partial charge in [-0.2, -0.15) is 5.26 Å². The Labute approximate surface area is 181 Å². The lowest BCUT2D eigenvalue weighted by atomic mass is 10.1. The fourth-order valence-electron chi connectivity index (χ4n) is 4.30. The largest absolute Gasteiger partial charge is 0.370 e. The molecular weight excluding hydrogens is 390 g/mol. The maximum absolute atomic E-state index is 13.3. The Morgan fingerprint density at radius 3 is 2.55 bits per heavy atom. The predicted octanol–water partition coefficient (Wildman–Crippen LogP) is 2.90. The molecule has 3 aromatic rings. The number of rotatable bonds is 7. The van der Waals surface area contributed by atoms with E-state index in [1.807, 2.05) is 29.7 Å². The van der Waals surface area contributed by atoms with Gasteiger partial charge in [-0.3, -0.25) is 19.5 Å². The average Bonchev–Trinajstić information content (AvgIpc) is 3.37. The minimum Gasteiger partial charge on any atom is -0.370 e. The third-order valence-electron chi connectivity index (χ3n) is 5.86. The highest BCUT2D eigenvalue weighted by Crippen LogP contribution is 2.30. The van der Waals surface area contributed by atoms with Crippen LogP contribution in [0, 0.1) is 18.3 Å². The molecule has 1 aromatic carbocycles. The van der Waals surface area contributed by atoms with E-state index in [0.29, 0.717) is 29.6 Å². The molecule has 1 aliphatic rings. The topological polar surface area (TPSA) is 105 Å².